The molecular formula is C21H23N10O10PS. The molecule has 0 spiro atoms. The molecule has 4 fully saturated rings. The van der Waals surface area contributed by atoms with Crippen molar-refractivity contribution < 1.29 is 42.4 Å². The van der Waals surface area contributed by atoms with Gasteiger partial charge in [0.2, 0.25) is 5.95 Å². The fourth-order valence-electron chi connectivity index (χ4n) is 5.80. The van der Waals surface area contributed by atoms with Crippen molar-refractivity contribution in [2.24, 2.45) is 0 Å². The van der Waals surface area contributed by atoms with Crippen molar-refractivity contribution in [3.8, 4) is 0 Å². The summed E-state index contributed by atoms with van der Waals surface area (Å²) in [5.74, 6) is 0.0202. The van der Waals surface area contributed by atoms with Crippen LogP contribution in [0.3, 0.4) is 0 Å². The Bertz CT molecular complexity index is 1850. The number of ether oxygens (including phenoxy) is 5. The molecule has 4 bridgehead atoms. The number of aromatic amines is 1. The van der Waals surface area contributed by atoms with E-state index in [9.17, 15) is 14.5 Å². The molecule has 4 aromatic rings. The summed E-state index contributed by atoms with van der Waals surface area (Å²) < 4.78 is 58.2. The van der Waals surface area contributed by atoms with E-state index in [0.29, 0.717) is 11.2 Å². The molecule has 0 aromatic carbocycles. The Balaban J connectivity index is 1.11. The topological polar surface area (TPSA) is 261 Å². The van der Waals surface area contributed by atoms with Crippen LogP contribution < -0.4 is 17.0 Å². The summed E-state index contributed by atoms with van der Waals surface area (Å²) in [6.07, 6.45) is -3.71. The zero-order valence-electron chi connectivity index (χ0n) is 21.7. The lowest BCUT2D eigenvalue weighted by Gasteiger charge is -2.33. The van der Waals surface area contributed by atoms with Crippen LogP contribution in [-0.4, -0.2) is 100 Å². The van der Waals surface area contributed by atoms with Crippen LogP contribution in [-0.2, 0) is 37.3 Å². The van der Waals surface area contributed by atoms with Crippen LogP contribution >= 0.6 is 19.0 Å². The average Bonchev–Trinajstić information content (AvgIpc) is 3.77. The van der Waals surface area contributed by atoms with Gasteiger partial charge in [-0.25, -0.2) is 24.5 Å². The number of nitrogens with zero attached hydrogens (tertiary/aromatic N) is 7. The van der Waals surface area contributed by atoms with E-state index < -0.39 is 61.1 Å². The Kier molecular flexibility index (Phi) is 6.12. The molecule has 0 aliphatic carbocycles. The molecule has 4 aliphatic rings. The van der Waals surface area contributed by atoms with Gasteiger partial charge < -0.3 is 40.3 Å². The number of aliphatic hydroxyl groups is 1. The van der Waals surface area contributed by atoms with E-state index in [2.05, 4.69) is 42.2 Å². The SMILES string of the molecule is Nc1nc2c(ncn2C2OC3OCOC4C5OC[C@]4(COP(=O)(S)OC2C3O)OC5n2cnc3c(N)ncnc32)c(=O)[nH]1. The van der Waals surface area contributed by atoms with E-state index in [4.69, 9.17) is 44.2 Å². The van der Waals surface area contributed by atoms with E-state index in [1.54, 1.807) is 4.57 Å². The molecule has 43 heavy (non-hydrogen) atoms. The highest BCUT2D eigenvalue weighted by Gasteiger charge is 2.64. The van der Waals surface area contributed by atoms with Crippen molar-refractivity contribution in [1.29, 1.82) is 0 Å². The van der Waals surface area contributed by atoms with Crippen LogP contribution in [0, 0.1) is 0 Å². The molecule has 228 valence electrons. The molecule has 4 aliphatic heterocycles. The molecule has 9 atom stereocenters. The van der Waals surface area contributed by atoms with Gasteiger partial charge in [0, 0.05) is 0 Å². The molecule has 6 N–H and O–H groups in total. The number of nitrogens with one attached hydrogen (secondary N) is 1. The number of nitrogens with two attached hydrogens (primary N) is 2. The van der Waals surface area contributed by atoms with Crippen LogP contribution in [0.4, 0.5) is 11.8 Å². The lowest BCUT2D eigenvalue weighted by atomic mass is 10.0. The van der Waals surface area contributed by atoms with Crippen molar-refractivity contribution in [2.75, 3.05) is 31.5 Å². The van der Waals surface area contributed by atoms with E-state index in [1.165, 1.54) is 23.5 Å². The molecule has 0 saturated carbocycles. The number of aliphatic hydroxyl groups excluding tert-OH is 1. The number of imidazole rings is 2. The molecule has 8 unspecified atom stereocenters. The van der Waals surface area contributed by atoms with E-state index in [-0.39, 0.29) is 42.9 Å². The largest absolute Gasteiger partial charge is 0.386 e. The third kappa shape index (κ3) is 4.19. The summed E-state index contributed by atoms with van der Waals surface area (Å²) in [4.78, 5) is 35.3. The van der Waals surface area contributed by atoms with E-state index in [0.717, 1.165) is 0 Å². The predicted molar refractivity (Wildman–Crippen MR) is 143 cm³/mol. The third-order valence-corrected chi connectivity index (χ3v) is 9.33. The van der Waals surface area contributed by atoms with Crippen molar-refractivity contribution in [3.63, 3.8) is 0 Å². The molecule has 0 amide bonds. The van der Waals surface area contributed by atoms with Gasteiger partial charge in [-0.05, 0) is 0 Å². The number of H-pyrrole nitrogens is 1. The standard InChI is InChI=1S/C21H23N10O10PS/c22-13-7-14(25-3-24-13)30(4-26-7)18-11-12-21(40-18,1-35-11)2-38-42(34,43)41-10-9(32)19(37-6-36-12)39-17(10)31-5-27-8-15(31)28-20(23)29-16(8)33/h3-5,9-12,17-19,32H,1-2,6H2,(H,34,43)(H2,22,24,25)(H3,23,28,29,33)/t9?,10?,11?,12?,17?,18?,19?,21-,42?/m1/s1. The summed E-state index contributed by atoms with van der Waals surface area (Å²) in [5, 5.41) is 11.1. The minimum absolute atomic E-state index is 0.0215. The van der Waals surface area contributed by atoms with Gasteiger partial charge in [0.15, 0.2) is 48.2 Å². The van der Waals surface area contributed by atoms with Crippen molar-refractivity contribution in [3.05, 3.63) is 29.3 Å². The van der Waals surface area contributed by atoms with Gasteiger partial charge in [0.1, 0.15) is 41.9 Å². The Morgan fingerprint density at radius 3 is 2.65 bits per heavy atom. The zero-order chi connectivity index (χ0) is 29.7. The summed E-state index contributed by atoms with van der Waals surface area (Å²) in [6.45, 7) is -4.94. The van der Waals surface area contributed by atoms with Gasteiger partial charge in [0.25, 0.3) is 5.56 Å². The highest BCUT2D eigenvalue weighted by atomic mass is 32.7. The van der Waals surface area contributed by atoms with Gasteiger partial charge in [-0.3, -0.25) is 28.0 Å². The molecule has 22 heteroatoms. The Morgan fingerprint density at radius 2 is 1.81 bits per heavy atom. The van der Waals surface area contributed by atoms with Gasteiger partial charge >= 0.3 is 6.80 Å². The normalized spacial score (nSPS) is 37.9. The number of anilines is 2. The van der Waals surface area contributed by atoms with Crippen LogP contribution in [0.5, 0.6) is 0 Å². The molecule has 20 nitrogen and oxygen atoms in total. The fraction of sp³-hybridized carbons (Fsp3) is 0.524. The first-order valence-corrected chi connectivity index (χ1v) is 15.5. The maximum Gasteiger partial charge on any atom is 0.386 e. The first-order chi connectivity index (χ1) is 20.6. The first-order valence-electron chi connectivity index (χ1n) is 12.8. The number of thiol groups is 1. The number of aromatic nitrogens is 8. The monoisotopic (exact) mass is 638 g/mol. The Labute approximate surface area is 244 Å². The highest BCUT2D eigenvalue weighted by molar-refractivity contribution is 8.44. The fourth-order valence-corrected chi connectivity index (χ4v) is 7.28. The average molecular weight is 639 g/mol. The first kappa shape index (κ1) is 27.3. The summed E-state index contributed by atoms with van der Waals surface area (Å²) in [7, 11) is 0. The quantitative estimate of drug-likeness (QED) is 0.128. The predicted octanol–water partition coefficient (Wildman–Crippen LogP) is -1.18. The minimum atomic E-state index is -4.25. The minimum Gasteiger partial charge on any atom is -0.385 e. The van der Waals surface area contributed by atoms with Crippen LogP contribution in [0.25, 0.3) is 22.3 Å². The molecular weight excluding hydrogens is 615 g/mol. The van der Waals surface area contributed by atoms with Crippen LogP contribution in [0.2, 0.25) is 0 Å². The van der Waals surface area contributed by atoms with Gasteiger partial charge in [-0.1, -0.05) is 12.2 Å². The summed E-state index contributed by atoms with van der Waals surface area (Å²) in [6, 6.07) is 0. The van der Waals surface area contributed by atoms with Crippen LogP contribution in [0.1, 0.15) is 12.5 Å². The van der Waals surface area contributed by atoms with Crippen molar-refractivity contribution >= 4 is 53.1 Å². The van der Waals surface area contributed by atoms with Gasteiger partial charge in [-0.15, -0.1) is 0 Å². The molecule has 4 saturated heterocycles. The second-order valence-corrected chi connectivity index (χ2v) is 13.2. The molecule has 4 aromatic heterocycles. The van der Waals surface area contributed by atoms with Gasteiger partial charge in [0.05, 0.1) is 25.9 Å². The van der Waals surface area contributed by atoms with Crippen molar-refractivity contribution in [2.45, 2.75) is 48.8 Å². The number of nitrogen functional groups attached to an aromatic ring is 2. The smallest absolute Gasteiger partial charge is 0.385 e. The number of hydrogen-bond donors (Lipinski definition) is 5. The second kappa shape index (κ2) is 9.63. The summed E-state index contributed by atoms with van der Waals surface area (Å²) >= 11 is 4.16. The lowest BCUT2D eigenvalue weighted by molar-refractivity contribution is -0.235. The lowest BCUT2D eigenvalue weighted by Crippen LogP contribution is -2.47. The van der Waals surface area contributed by atoms with Crippen LogP contribution in [0.15, 0.2) is 23.8 Å². The molecule has 0 radical (unpaired) electrons. The Hall–Kier alpha value is -3.24. The summed E-state index contributed by atoms with van der Waals surface area (Å²) in [5.41, 5.74) is 10.6. The number of hydrogen-bond acceptors (Lipinski definition) is 17. The van der Waals surface area contributed by atoms with Gasteiger partial charge in [-0.2, -0.15) is 4.98 Å². The number of rotatable bonds is 2. The van der Waals surface area contributed by atoms with E-state index in [1.807, 2.05) is 0 Å². The number of fused-ring (bicyclic) bond motifs is 4. The highest BCUT2D eigenvalue weighted by Crippen LogP contribution is 2.59. The van der Waals surface area contributed by atoms with E-state index >= 15 is 0 Å². The zero-order valence-corrected chi connectivity index (χ0v) is 23.5. The third-order valence-electron chi connectivity index (χ3n) is 7.74. The maximum absolute atomic E-state index is 13.6. The second-order valence-electron chi connectivity index (χ2n) is 10.3. The molecule has 8 heterocycles. The Morgan fingerprint density at radius 1 is 1.02 bits per heavy atom. The maximum atomic E-state index is 13.6. The molecule has 8 rings (SSSR count). The van der Waals surface area contributed by atoms with Crippen molar-refractivity contribution in [1.82, 2.24) is 39.0 Å².